The number of anilines is 1. The van der Waals surface area contributed by atoms with E-state index in [1.807, 2.05) is 30.3 Å². The van der Waals surface area contributed by atoms with Gasteiger partial charge in [0.25, 0.3) is 0 Å². The Labute approximate surface area is 125 Å². The number of hydrogen-bond acceptors (Lipinski definition) is 3. The van der Waals surface area contributed by atoms with Gasteiger partial charge in [-0.1, -0.05) is 23.8 Å². The number of aliphatic hydroxyl groups is 1. The number of fused-ring (bicyclic) bond motifs is 1. The number of nitrogens with two attached hydrogens (primary N) is 1. The van der Waals surface area contributed by atoms with Crippen LogP contribution in [0, 0.1) is 6.92 Å². The molecule has 1 aliphatic carbocycles. The Morgan fingerprint density at radius 3 is 2.81 bits per heavy atom. The molecule has 0 bridgehead atoms. The zero-order valence-electron chi connectivity index (χ0n) is 12.5. The predicted molar refractivity (Wildman–Crippen MR) is 84.5 cm³/mol. The van der Waals surface area contributed by atoms with E-state index in [9.17, 15) is 5.11 Å². The summed E-state index contributed by atoms with van der Waals surface area (Å²) in [6.45, 7) is 2.05. The molecule has 3 N–H and O–H groups in total. The summed E-state index contributed by atoms with van der Waals surface area (Å²) in [5.74, 6) is 0.831. The molecule has 3 heteroatoms. The van der Waals surface area contributed by atoms with Gasteiger partial charge in [-0.25, -0.2) is 0 Å². The van der Waals surface area contributed by atoms with E-state index in [2.05, 4.69) is 13.0 Å². The monoisotopic (exact) mass is 283 g/mol. The van der Waals surface area contributed by atoms with Gasteiger partial charge in [-0.15, -0.1) is 0 Å². The lowest BCUT2D eigenvalue weighted by Gasteiger charge is -2.25. The van der Waals surface area contributed by atoms with Gasteiger partial charge in [-0.05, 0) is 54.7 Å². The average molecular weight is 283 g/mol. The molecule has 1 unspecified atom stereocenters. The first-order valence-corrected chi connectivity index (χ1v) is 7.26. The Hall–Kier alpha value is -2.00. The summed E-state index contributed by atoms with van der Waals surface area (Å²) in [5.41, 5.74) is 10.1. The minimum atomic E-state index is -0.829. The van der Waals surface area contributed by atoms with Crippen molar-refractivity contribution in [2.24, 2.45) is 0 Å². The van der Waals surface area contributed by atoms with Crippen LogP contribution in [0.1, 0.15) is 28.7 Å². The third-order valence-corrected chi connectivity index (χ3v) is 4.36. The van der Waals surface area contributed by atoms with Gasteiger partial charge >= 0.3 is 0 Å². The Morgan fingerprint density at radius 1 is 1.24 bits per heavy atom. The van der Waals surface area contributed by atoms with E-state index < -0.39 is 5.60 Å². The van der Waals surface area contributed by atoms with Crippen molar-refractivity contribution in [1.29, 1.82) is 0 Å². The maximum absolute atomic E-state index is 11.1. The largest absolute Gasteiger partial charge is 0.496 e. The van der Waals surface area contributed by atoms with Gasteiger partial charge in [0.1, 0.15) is 5.75 Å². The number of rotatable bonds is 3. The fourth-order valence-corrected chi connectivity index (χ4v) is 3.29. The van der Waals surface area contributed by atoms with Gasteiger partial charge in [0.15, 0.2) is 0 Å². The molecule has 0 saturated heterocycles. The molecular weight excluding hydrogens is 262 g/mol. The highest BCUT2D eigenvalue weighted by Gasteiger charge is 2.37. The molecular formula is C18H21NO2. The van der Waals surface area contributed by atoms with Crippen LogP contribution in [-0.4, -0.2) is 12.2 Å². The van der Waals surface area contributed by atoms with Crippen LogP contribution in [0.3, 0.4) is 0 Å². The molecule has 2 aromatic rings. The van der Waals surface area contributed by atoms with Crippen LogP contribution in [0.5, 0.6) is 5.75 Å². The van der Waals surface area contributed by atoms with Gasteiger partial charge in [0.05, 0.1) is 12.7 Å². The second kappa shape index (κ2) is 5.08. The van der Waals surface area contributed by atoms with Crippen molar-refractivity contribution < 1.29 is 9.84 Å². The quantitative estimate of drug-likeness (QED) is 0.852. The molecule has 1 atom stereocenters. The molecule has 0 heterocycles. The molecule has 1 aliphatic rings. The lowest BCUT2D eigenvalue weighted by atomic mass is 9.88. The van der Waals surface area contributed by atoms with Crippen molar-refractivity contribution in [3.63, 3.8) is 0 Å². The number of ether oxygens (including phenoxy) is 1. The van der Waals surface area contributed by atoms with Gasteiger partial charge < -0.3 is 15.6 Å². The van der Waals surface area contributed by atoms with E-state index >= 15 is 0 Å². The third-order valence-electron chi connectivity index (χ3n) is 4.36. The lowest BCUT2D eigenvalue weighted by molar-refractivity contribution is 0.0384. The minimum Gasteiger partial charge on any atom is -0.496 e. The van der Waals surface area contributed by atoms with E-state index in [-0.39, 0.29) is 0 Å². The van der Waals surface area contributed by atoms with E-state index in [1.165, 1.54) is 5.56 Å². The molecule has 3 rings (SSSR count). The van der Waals surface area contributed by atoms with Gasteiger partial charge in [0.2, 0.25) is 0 Å². The van der Waals surface area contributed by atoms with Crippen molar-refractivity contribution in [2.75, 3.05) is 12.8 Å². The fraction of sp³-hybridized carbons (Fsp3) is 0.333. The first-order valence-electron chi connectivity index (χ1n) is 7.26. The normalized spacial score (nSPS) is 20.3. The molecule has 0 fully saturated rings. The van der Waals surface area contributed by atoms with E-state index in [0.29, 0.717) is 6.42 Å². The predicted octanol–water partition coefficient (Wildman–Crippen LogP) is 2.96. The summed E-state index contributed by atoms with van der Waals surface area (Å²) in [6, 6.07) is 11.9. The van der Waals surface area contributed by atoms with Crippen molar-refractivity contribution in [2.45, 2.75) is 31.8 Å². The molecule has 0 spiro atoms. The molecule has 0 aliphatic heterocycles. The summed E-state index contributed by atoms with van der Waals surface area (Å²) in [6.07, 6.45) is 2.16. The van der Waals surface area contributed by atoms with Crippen LogP contribution in [0.4, 0.5) is 5.69 Å². The van der Waals surface area contributed by atoms with Gasteiger partial charge in [0, 0.05) is 12.1 Å². The Bertz CT molecular complexity index is 681. The van der Waals surface area contributed by atoms with Crippen LogP contribution in [0.25, 0.3) is 0 Å². The summed E-state index contributed by atoms with van der Waals surface area (Å²) in [7, 11) is 1.67. The highest BCUT2D eigenvalue weighted by atomic mass is 16.5. The molecule has 2 aromatic carbocycles. The van der Waals surface area contributed by atoms with Crippen molar-refractivity contribution in [3.05, 3.63) is 58.7 Å². The van der Waals surface area contributed by atoms with Crippen LogP contribution < -0.4 is 10.5 Å². The minimum absolute atomic E-state index is 0.564. The highest BCUT2D eigenvalue weighted by Crippen LogP contribution is 2.41. The molecule has 3 nitrogen and oxygen atoms in total. The number of nitrogen functional groups attached to an aromatic ring is 1. The second-order valence-corrected chi connectivity index (χ2v) is 5.94. The zero-order valence-corrected chi connectivity index (χ0v) is 12.5. The Kier molecular flexibility index (Phi) is 3.38. The number of aryl methyl sites for hydroxylation is 2. The smallest absolute Gasteiger partial charge is 0.122 e. The van der Waals surface area contributed by atoms with Gasteiger partial charge in [-0.2, -0.15) is 0 Å². The van der Waals surface area contributed by atoms with E-state index in [4.69, 9.17) is 10.5 Å². The molecule has 0 saturated carbocycles. The Balaban J connectivity index is 1.98. The zero-order chi connectivity index (χ0) is 15.0. The maximum atomic E-state index is 11.1. The molecule has 110 valence electrons. The van der Waals surface area contributed by atoms with Crippen molar-refractivity contribution >= 4 is 5.69 Å². The van der Waals surface area contributed by atoms with Crippen LogP contribution in [-0.2, 0) is 18.4 Å². The van der Waals surface area contributed by atoms with Crippen molar-refractivity contribution in [3.8, 4) is 5.75 Å². The second-order valence-electron chi connectivity index (χ2n) is 5.94. The SMILES string of the molecule is COc1ccc(C)cc1CC1(O)CCc2cc(N)ccc21. The summed E-state index contributed by atoms with van der Waals surface area (Å²) < 4.78 is 5.43. The number of benzene rings is 2. The summed E-state index contributed by atoms with van der Waals surface area (Å²) in [4.78, 5) is 0. The maximum Gasteiger partial charge on any atom is 0.122 e. The Morgan fingerprint density at radius 2 is 2.05 bits per heavy atom. The van der Waals surface area contributed by atoms with Crippen LogP contribution in [0.2, 0.25) is 0 Å². The van der Waals surface area contributed by atoms with E-state index in [0.717, 1.165) is 41.0 Å². The third kappa shape index (κ3) is 2.49. The highest BCUT2D eigenvalue weighted by molar-refractivity contribution is 5.50. The first kappa shape index (κ1) is 14.0. The summed E-state index contributed by atoms with van der Waals surface area (Å²) >= 11 is 0. The standard InChI is InChI=1S/C18H21NO2/c1-12-3-6-17(21-2)14(9-12)11-18(20)8-7-13-10-15(19)4-5-16(13)18/h3-6,9-10,20H,7-8,11,19H2,1-2H3. The lowest BCUT2D eigenvalue weighted by Crippen LogP contribution is -2.25. The molecule has 0 radical (unpaired) electrons. The number of hydrogen-bond donors (Lipinski definition) is 2. The van der Waals surface area contributed by atoms with Crippen LogP contribution >= 0.6 is 0 Å². The van der Waals surface area contributed by atoms with Gasteiger partial charge in [-0.3, -0.25) is 0 Å². The average Bonchev–Trinajstić information content (AvgIpc) is 2.76. The van der Waals surface area contributed by atoms with E-state index in [1.54, 1.807) is 7.11 Å². The fourth-order valence-electron chi connectivity index (χ4n) is 3.29. The molecule has 0 aromatic heterocycles. The number of methoxy groups -OCH3 is 1. The topological polar surface area (TPSA) is 55.5 Å². The van der Waals surface area contributed by atoms with Crippen LogP contribution in [0.15, 0.2) is 36.4 Å². The molecule has 21 heavy (non-hydrogen) atoms. The first-order chi connectivity index (χ1) is 10.0. The van der Waals surface area contributed by atoms with Crippen molar-refractivity contribution in [1.82, 2.24) is 0 Å². The molecule has 0 amide bonds. The summed E-state index contributed by atoms with van der Waals surface area (Å²) in [5, 5.41) is 11.1.